The Balaban J connectivity index is 1.90. The van der Waals surface area contributed by atoms with Gasteiger partial charge in [0.25, 0.3) is 5.56 Å². The van der Waals surface area contributed by atoms with E-state index in [2.05, 4.69) is 4.98 Å². The van der Waals surface area contributed by atoms with E-state index < -0.39 is 11.2 Å². The first kappa shape index (κ1) is 14.6. The summed E-state index contributed by atoms with van der Waals surface area (Å²) in [5.41, 5.74) is 0.277. The van der Waals surface area contributed by atoms with Crippen LogP contribution < -0.4 is 16.0 Å². The van der Waals surface area contributed by atoms with Crippen LogP contribution in [0.1, 0.15) is 0 Å². The lowest BCUT2D eigenvalue weighted by Gasteiger charge is -2.10. The summed E-state index contributed by atoms with van der Waals surface area (Å²) in [4.78, 5) is 27.1. The lowest BCUT2D eigenvalue weighted by molar-refractivity contribution is 0.153. The maximum atomic E-state index is 11.6. The number of hydrogen-bond donors (Lipinski definition) is 1. The van der Waals surface area contributed by atoms with Crippen molar-refractivity contribution in [2.45, 2.75) is 0 Å². The van der Waals surface area contributed by atoms with E-state index in [9.17, 15) is 14.8 Å². The quantitative estimate of drug-likeness (QED) is 0.743. The van der Waals surface area contributed by atoms with Gasteiger partial charge in [-0.25, -0.2) is 4.79 Å². The van der Waals surface area contributed by atoms with E-state index in [4.69, 9.17) is 4.74 Å². The van der Waals surface area contributed by atoms with Crippen molar-refractivity contribution in [1.29, 1.82) is 0 Å². The van der Waals surface area contributed by atoms with Gasteiger partial charge in [-0.3, -0.25) is 14.3 Å². The number of nitrogens with zero attached hydrogens (tertiary/aromatic N) is 3. The van der Waals surface area contributed by atoms with Crippen LogP contribution in [0, 0.1) is 0 Å². The molecule has 0 fully saturated rings. The molecule has 0 bridgehead atoms. The molecule has 7 nitrogen and oxygen atoms in total. The average molecular weight is 311 g/mol. The summed E-state index contributed by atoms with van der Waals surface area (Å²) < 4.78 is 6.61. The van der Waals surface area contributed by atoms with Crippen LogP contribution in [0.2, 0.25) is 0 Å². The molecule has 1 N–H and O–H groups in total. The molecule has 0 atom stereocenters. The van der Waals surface area contributed by atoms with Crippen LogP contribution in [0.3, 0.4) is 0 Å². The second-order valence-electron chi connectivity index (χ2n) is 4.84. The molecule has 116 valence electrons. The Morgan fingerprint density at radius 2 is 1.61 bits per heavy atom. The number of benzene rings is 1. The minimum Gasteiger partial charge on any atom is -0.440 e. The van der Waals surface area contributed by atoms with E-state index in [1.807, 2.05) is 24.3 Å². The maximum absolute atomic E-state index is 11.6. The molecule has 2 aromatic heterocycles. The lowest BCUT2D eigenvalue weighted by Crippen LogP contribution is -2.37. The van der Waals surface area contributed by atoms with Crippen molar-refractivity contribution in [3.63, 3.8) is 0 Å². The normalized spacial score (nSPS) is 10.5. The second-order valence-corrected chi connectivity index (χ2v) is 4.84. The molecule has 0 spiro atoms. The largest absolute Gasteiger partial charge is 0.440 e. The Morgan fingerprint density at radius 1 is 1.00 bits per heavy atom. The van der Waals surface area contributed by atoms with Gasteiger partial charge in [-0.15, -0.1) is 0 Å². The summed E-state index contributed by atoms with van der Waals surface area (Å²) in [5.74, 6) is 0.509. The number of ether oxygens (including phenoxy) is 1. The van der Waals surface area contributed by atoms with Gasteiger partial charge in [0.2, 0.25) is 5.88 Å². The predicted octanol–water partition coefficient (Wildman–Crippen LogP) is 1.64. The zero-order chi connectivity index (χ0) is 16.4. The van der Waals surface area contributed by atoms with E-state index in [-0.39, 0.29) is 10.6 Å². The molecule has 0 saturated heterocycles. The molecule has 2 heterocycles. The molecule has 0 radical (unpaired) electrons. The molecule has 3 rings (SSSR count). The number of hydrogen-bond acceptors (Lipinski definition) is 5. The first-order valence-electron chi connectivity index (χ1n) is 6.77. The third-order valence-electron chi connectivity index (χ3n) is 3.34. The number of pyridine rings is 1. The summed E-state index contributed by atoms with van der Waals surface area (Å²) in [7, 11) is 1.40. The van der Waals surface area contributed by atoms with Crippen molar-refractivity contribution in [3.8, 4) is 22.8 Å². The fourth-order valence-corrected chi connectivity index (χ4v) is 2.07. The van der Waals surface area contributed by atoms with Crippen LogP contribution in [0.4, 0.5) is 0 Å². The van der Waals surface area contributed by atoms with Gasteiger partial charge < -0.3 is 9.94 Å². The summed E-state index contributed by atoms with van der Waals surface area (Å²) in [6.45, 7) is 0. The summed E-state index contributed by atoms with van der Waals surface area (Å²) in [6.07, 6.45) is 3.42. The van der Waals surface area contributed by atoms with Crippen LogP contribution in [-0.4, -0.2) is 19.5 Å². The van der Waals surface area contributed by atoms with E-state index in [0.29, 0.717) is 5.75 Å². The van der Waals surface area contributed by atoms with Gasteiger partial charge in [-0.05, 0) is 35.4 Å². The van der Waals surface area contributed by atoms with Gasteiger partial charge in [-0.2, -0.15) is 0 Å². The van der Waals surface area contributed by atoms with Crippen molar-refractivity contribution < 1.29 is 9.94 Å². The van der Waals surface area contributed by atoms with Crippen LogP contribution in [0.15, 0.2) is 64.4 Å². The standard InChI is InChI=1S/C16H13N3O4/c1-18-15(10-14(20)19(22)16(18)21)23-13-4-2-11(3-5-13)12-6-8-17-9-7-12/h2-10,22H,1H3. The van der Waals surface area contributed by atoms with Crippen LogP contribution in [0.5, 0.6) is 11.6 Å². The Labute approximate surface area is 130 Å². The van der Waals surface area contributed by atoms with Gasteiger partial charge in [0, 0.05) is 19.4 Å². The van der Waals surface area contributed by atoms with Crippen molar-refractivity contribution in [3.05, 3.63) is 75.7 Å². The Kier molecular flexibility index (Phi) is 3.68. The minimum atomic E-state index is -0.874. The molecule has 0 aliphatic carbocycles. The molecular formula is C16H13N3O4. The Bertz CT molecular complexity index is 944. The zero-order valence-corrected chi connectivity index (χ0v) is 12.2. The highest BCUT2D eigenvalue weighted by Gasteiger charge is 2.09. The molecule has 0 aliphatic heterocycles. The van der Waals surface area contributed by atoms with Gasteiger partial charge in [0.1, 0.15) is 5.75 Å². The molecule has 0 unspecified atom stereocenters. The topological polar surface area (TPSA) is 86.3 Å². The van der Waals surface area contributed by atoms with Crippen LogP contribution in [-0.2, 0) is 7.05 Å². The third kappa shape index (κ3) is 2.84. The van der Waals surface area contributed by atoms with Gasteiger partial charge in [0.05, 0.1) is 6.07 Å². The molecule has 23 heavy (non-hydrogen) atoms. The fourth-order valence-electron chi connectivity index (χ4n) is 2.07. The van der Waals surface area contributed by atoms with Crippen molar-refractivity contribution in [2.24, 2.45) is 7.05 Å². The monoisotopic (exact) mass is 311 g/mol. The van der Waals surface area contributed by atoms with Crippen LogP contribution in [0.25, 0.3) is 11.1 Å². The molecule has 3 aromatic rings. The van der Waals surface area contributed by atoms with Crippen molar-refractivity contribution in [2.75, 3.05) is 0 Å². The fraction of sp³-hybridized carbons (Fsp3) is 0.0625. The SMILES string of the molecule is Cn1c(Oc2ccc(-c3ccncc3)cc2)cc(=O)n(O)c1=O. The molecule has 7 heteroatoms. The van der Waals surface area contributed by atoms with Gasteiger partial charge >= 0.3 is 5.69 Å². The molecule has 0 aliphatic rings. The average Bonchev–Trinajstić information content (AvgIpc) is 2.59. The molecule has 1 aromatic carbocycles. The van der Waals surface area contributed by atoms with Gasteiger partial charge in [-0.1, -0.05) is 16.9 Å². The van der Waals surface area contributed by atoms with Crippen molar-refractivity contribution >= 4 is 0 Å². The minimum absolute atomic E-state index is 0.0272. The van der Waals surface area contributed by atoms with E-state index >= 15 is 0 Å². The molecular weight excluding hydrogens is 298 g/mol. The lowest BCUT2D eigenvalue weighted by atomic mass is 10.1. The highest BCUT2D eigenvalue weighted by atomic mass is 16.5. The second kappa shape index (κ2) is 5.80. The summed E-state index contributed by atoms with van der Waals surface area (Å²) >= 11 is 0. The Hall–Kier alpha value is -3.35. The zero-order valence-electron chi connectivity index (χ0n) is 12.2. The van der Waals surface area contributed by atoms with E-state index in [1.165, 1.54) is 7.05 Å². The van der Waals surface area contributed by atoms with Gasteiger partial charge in [0.15, 0.2) is 0 Å². The smallest absolute Gasteiger partial charge is 0.366 e. The van der Waals surface area contributed by atoms with E-state index in [0.717, 1.165) is 21.8 Å². The highest BCUT2D eigenvalue weighted by molar-refractivity contribution is 5.63. The maximum Gasteiger partial charge on any atom is 0.366 e. The number of aromatic nitrogens is 3. The first-order chi connectivity index (χ1) is 11.1. The van der Waals surface area contributed by atoms with E-state index in [1.54, 1.807) is 24.5 Å². The molecule has 0 amide bonds. The highest BCUT2D eigenvalue weighted by Crippen LogP contribution is 2.24. The Morgan fingerprint density at radius 3 is 2.26 bits per heavy atom. The predicted molar refractivity (Wildman–Crippen MR) is 82.9 cm³/mol. The first-order valence-corrected chi connectivity index (χ1v) is 6.77. The summed E-state index contributed by atoms with van der Waals surface area (Å²) in [6, 6.07) is 12.0. The van der Waals surface area contributed by atoms with Crippen molar-refractivity contribution in [1.82, 2.24) is 14.3 Å². The third-order valence-corrected chi connectivity index (χ3v) is 3.34. The van der Waals surface area contributed by atoms with Crippen LogP contribution >= 0.6 is 0 Å². The number of rotatable bonds is 3. The molecule has 0 saturated carbocycles. The summed E-state index contributed by atoms with van der Waals surface area (Å²) in [5, 5.41) is 9.25.